The minimum atomic E-state index is -0.137. The third-order valence-electron chi connectivity index (χ3n) is 4.39. The summed E-state index contributed by atoms with van der Waals surface area (Å²) in [6, 6.07) is 5.07. The predicted molar refractivity (Wildman–Crippen MR) is 81.5 cm³/mol. The number of hydrogen-bond acceptors (Lipinski definition) is 1. The molecule has 1 heterocycles. The molecule has 0 radical (unpaired) electrons. The van der Waals surface area contributed by atoms with Gasteiger partial charge in [-0.15, -0.1) is 0 Å². The van der Waals surface area contributed by atoms with E-state index in [1.165, 1.54) is 36.6 Å². The van der Waals surface area contributed by atoms with Crippen LogP contribution >= 0.6 is 0 Å². The minimum Gasteiger partial charge on any atom is -0.358 e. The van der Waals surface area contributed by atoms with E-state index in [9.17, 15) is 4.39 Å². The van der Waals surface area contributed by atoms with Crippen LogP contribution in [0.25, 0.3) is 10.9 Å². The largest absolute Gasteiger partial charge is 0.358 e. The van der Waals surface area contributed by atoms with Crippen LogP contribution in [0, 0.1) is 11.7 Å². The monoisotopic (exact) mass is 274 g/mol. The van der Waals surface area contributed by atoms with Gasteiger partial charge in [0.1, 0.15) is 5.82 Å². The van der Waals surface area contributed by atoms with Crippen molar-refractivity contribution in [3.63, 3.8) is 0 Å². The Labute approximate surface area is 119 Å². The predicted octanol–water partition coefficient (Wildman–Crippen LogP) is 3.80. The number of aromatic amines is 1. The molecule has 0 bridgehead atoms. The Morgan fingerprint density at radius 3 is 3.15 bits per heavy atom. The first kappa shape index (κ1) is 13.6. The Bertz CT molecular complexity index is 588. The zero-order valence-corrected chi connectivity index (χ0v) is 12.1. The third kappa shape index (κ3) is 2.73. The number of aromatic nitrogens is 1. The number of halogens is 1. The number of unbranched alkanes of at least 4 members (excludes halogenated alkanes) is 1. The van der Waals surface area contributed by atoms with Gasteiger partial charge in [0.2, 0.25) is 0 Å². The van der Waals surface area contributed by atoms with Crippen LogP contribution in [0.3, 0.4) is 0 Å². The van der Waals surface area contributed by atoms with Crippen molar-refractivity contribution in [2.75, 3.05) is 13.1 Å². The Hall–Kier alpha value is -1.35. The number of aryl methyl sites for hydroxylation is 1. The molecule has 1 aromatic carbocycles. The maximum atomic E-state index is 13.4. The first-order chi connectivity index (χ1) is 9.78. The summed E-state index contributed by atoms with van der Waals surface area (Å²) in [5, 5.41) is 4.64. The van der Waals surface area contributed by atoms with Crippen molar-refractivity contribution >= 4 is 10.9 Å². The van der Waals surface area contributed by atoms with Gasteiger partial charge in [-0.3, -0.25) is 0 Å². The maximum Gasteiger partial charge on any atom is 0.123 e. The van der Waals surface area contributed by atoms with Crippen molar-refractivity contribution in [2.45, 2.75) is 39.0 Å². The van der Waals surface area contributed by atoms with Gasteiger partial charge in [-0.05, 0) is 68.5 Å². The van der Waals surface area contributed by atoms with Crippen molar-refractivity contribution < 1.29 is 4.39 Å². The van der Waals surface area contributed by atoms with Gasteiger partial charge in [-0.1, -0.05) is 13.3 Å². The van der Waals surface area contributed by atoms with E-state index in [1.54, 1.807) is 6.07 Å². The van der Waals surface area contributed by atoms with Crippen LogP contribution in [-0.4, -0.2) is 18.1 Å². The SMILES string of the molecule is CCCCNCC1CCc2[nH]c3ccc(F)cc3c2C1. The fourth-order valence-electron chi connectivity index (χ4n) is 3.24. The molecule has 20 heavy (non-hydrogen) atoms. The quantitative estimate of drug-likeness (QED) is 0.797. The van der Waals surface area contributed by atoms with Crippen LogP contribution in [0.5, 0.6) is 0 Å². The maximum absolute atomic E-state index is 13.4. The summed E-state index contributed by atoms with van der Waals surface area (Å²) >= 11 is 0. The van der Waals surface area contributed by atoms with Gasteiger partial charge in [-0.25, -0.2) is 4.39 Å². The topological polar surface area (TPSA) is 27.8 Å². The van der Waals surface area contributed by atoms with Crippen molar-refractivity contribution in [3.8, 4) is 0 Å². The number of hydrogen-bond donors (Lipinski definition) is 2. The zero-order chi connectivity index (χ0) is 13.9. The molecule has 0 amide bonds. The molecule has 3 heteroatoms. The minimum absolute atomic E-state index is 0.137. The van der Waals surface area contributed by atoms with Gasteiger partial charge >= 0.3 is 0 Å². The molecule has 0 saturated heterocycles. The standard InChI is InChI=1S/C17H23FN2/c1-2-3-8-19-11-12-4-6-16-14(9-12)15-10-13(18)5-7-17(15)20-16/h5,7,10,12,19-20H,2-4,6,8-9,11H2,1H3. The first-order valence-corrected chi connectivity index (χ1v) is 7.77. The molecular weight excluding hydrogens is 251 g/mol. The van der Waals surface area contributed by atoms with Crippen molar-refractivity contribution in [1.29, 1.82) is 0 Å². The second-order valence-corrected chi connectivity index (χ2v) is 5.94. The molecule has 3 rings (SSSR count). The summed E-state index contributed by atoms with van der Waals surface area (Å²) in [6.45, 7) is 4.42. The van der Waals surface area contributed by atoms with Crippen molar-refractivity contribution in [1.82, 2.24) is 10.3 Å². The highest BCUT2D eigenvalue weighted by Gasteiger charge is 2.22. The van der Waals surface area contributed by atoms with Crippen molar-refractivity contribution in [3.05, 3.63) is 35.3 Å². The lowest BCUT2D eigenvalue weighted by Gasteiger charge is -2.22. The van der Waals surface area contributed by atoms with Crippen LogP contribution in [0.4, 0.5) is 4.39 Å². The molecule has 1 aromatic heterocycles. The lowest BCUT2D eigenvalue weighted by atomic mass is 9.86. The lowest BCUT2D eigenvalue weighted by Crippen LogP contribution is -2.27. The van der Waals surface area contributed by atoms with Crippen LogP contribution < -0.4 is 5.32 Å². The number of fused-ring (bicyclic) bond motifs is 3. The summed E-state index contributed by atoms with van der Waals surface area (Å²) in [4.78, 5) is 3.45. The molecule has 0 aliphatic heterocycles. The normalized spacial score (nSPS) is 18.4. The molecule has 1 atom stereocenters. The van der Waals surface area contributed by atoms with Crippen LogP contribution in [0.1, 0.15) is 37.4 Å². The van der Waals surface area contributed by atoms with E-state index < -0.39 is 0 Å². The average molecular weight is 274 g/mol. The molecule has 0 saturated carbocycles. The Morgan fingerprint density at radius 1 is 1.40 bits per heavy atom. The van der Waals surface area contributed by atoms with Crippen molar-refractivity contribution in [2.24, 2.45) is 5.92 Å². The highest BCUT2D eigenvalue weighted by molar-refractivity contribution is 5.85. The van der Waals surface area contributed by atoms with E-state index in [-0.39, 0.29) is 5.82 Å². The molecule has 0 spiro atoms. The second-order valence-electron chi connectivity index (χ2n) is 5.94. The number of H-pyrrole nitrogens is 1. The van der Waals surface area contributed by atoms with Gasteiger partial charge < -0.3 is 10.3 Å². The van der Waals surface area contributed by atoms with E-state index in [2.05, 4.69) is 17.2 Å². The van der Waals surface area contributed by atoms with E-state index in [1.807, 2.05) is 6.07 Å². The van der Waals surface area contributed by atoms with Crippen LogP contribution in [-0.2, 0) is 12.8 Å². The van der Waals surface area contributed by atoms with Gasteiger partial charge in [0, 0.05) is 16.6 Å². The second kappa shape index (κ2) is 5.96. The Balaban J connectivity index is 1.73. The number of nitrogens with one attached hydrogen (secondary N) is 2. The van der Waals surface area contributed by atoms with Gasteiger partial charge in [0.15, 0.2) is 0 Å². The van der Waals surface area contributed by atoms with Crippen LogP contribution in [0.15, 0.2) is 18.2 Å². The molecule has 1 unspecified atom stereocenters. The summed E-state index contributed by atoms with van der Waals surface area (Å²) in [5.74, 6) is 0.545. The molecule has 108 valence electrons. The molecule has 2 nitrogen and oxygen atoms in total. The smallest absolute Gasteiger partial charge is 0.123 e. The zero-order valence-electron chi connectivity index (χ0n) is 12.1. The molecule has 2 aromatic rings. The lowest BCUT2D eigenvalue weighted by molar-refractivity contribution is 0.422. The van der Waals surface area contributed by atoms with Gasteiger partial charge in [0.05, 0.1) is 0 Å². The third-order valence-corrected chi connectivity index (χ3v) is 4.39. The Morgan fingerprint density at radius 2 is 2.30 bits per heavy atom. The number of benzene rings is 1. The van der Waals surface area contributed by atoms with Crippen LogP contribution in [0.2, 0.25) is 0 Å². The highest BCUT2D eigenvalue weighted by Crippen LogP contribution is 2.31. The molecule has 0 fully saturated rings. The fourth-order valence-corrected chi connectivity index (χ4v) is 3.24. The summed E-state index contributed by atoms with van der Waals surface area (Å²) in [6.07, 6.45) is 5.87. The molecule has 1 aliphatic rings. The molecule has 1 aliphatic carbocycles. The number of rotatable bonds is 5. The summed E-state index contributed by atoms with van der Waals surface area (Å²) in [7, 11) is 0. The molecular formula is C17H23FN2. The fraction of sp³-hybridized carbons (Fsp3) is 0.529. The van der Waals surface area contributed by atoms with Gasteiger partial charge in [-0.2, -0.15) is 0 Å². The van der Waals surface area contributed by atoms with Gasteiger partial charge in [0.25, 0.3) is 0 Å². The summed E-state index contributed by atoms with van der Waals surface area (Å²) in [5.41, 5.74) is 3.74. The van der Waals surface area contributed by atoms with E-state index >= 15 is 0 Å². The van der Waals surface area contributed by atoms with E-state index in [0.717, 1.165) is 36.8 Å². The first-order valence-electron chi connectivity index (χ1n) is 7.77. The van der Waals surface area contributed by atoms with E-state index in [4.69, 9.17) is 0 Å². The molecule has 2 N–H and O–H groups in total. The Kier molecular flexibility index (Phi) is 4.06. The summed E-state index contributed by atoms with van der Waals surface area (Å²) < 4.78 is 13.4. The van der Waals surface area contributed by atoms with E-state index in [0.29, 0.717) is 5.92 Å². The highest BCUT2D eigenvalue weighted by atomic mass is 19.1. The average Bonchev–Trinajstić information content (AvgIpc) is 2.81.